The van der Waals surface area contributed by atoms with Crippen LogP contribution in [0, 0.1) is 0 Å². The van der Waals surface area contributed by atoms with Crippen molar-refractivity contribution < 1.29 is 4.74 Å². The quantitative estimate of drug-likeness (QED) is 0.708. The number of aromatic nitrogens is 2. The predicted molar refractivity (Wildman–Crippen MR) is 114 cm³/mol. The Kier molecular flexibility index (Phi) is 5.25. The van der Waals surface area contributed by atoms with Crippen LogP contribution < -0.4 is 5.32 Å². The van der Waals surface area contributed by atoms with Crippen LogP contribution >= 0.6 is 11.3 Å². The van der Waals surface area contributed by atoms with E-state index in [1.54, 1.807) is 6.33 Å². The lowest BCUT2D eigenvalue weighted by Crippen LogP contribution is -2.35. The summed E-state index contributed by atoms with van der Waals surface area (Å²) in [7, 11) is 0. The van der Waals surface area contributed by atoms with Crippen LogP contribution in [0.4, 0.5) is 5.82 Å². The first-order valence-electron chi connectivity index (χ1n) is 10.2. The molecule has 5 nitrogen and oxygen atoms in total. The Labute approximate surface area is 169 Å². The van der Waals surface area contributed by atoms with Gasteiger partial charge in [0.15, 0.2) is 0 Å². The molecule has 0 bridgehead atoms. The van der Waals surface area contributed by atoms with E-state index in [9.17, 15) is 0 Å². The van der Waals surface area contributed by atoms with Gasteiger partial charge < -0.3 is 10.1 Å². The third-order valence-electron chi connectivity index (χ3n) is 5.81. The first kappa shape index (κ1) is 18.0. The number of hydrogen-bond donors (Lipinski definition) is 1. The molecule has 0 atom stereocenters. The van der Waals surface area contributed by atoms with Gasteiger partial charge in [0, 0.05) is 31.1 Å². The van der Waals surface area contributed by atoms with Gasteiger partial charge in [0.1, 0.15) is 17.0 Å². The fraction of sp³-hybridized carbons (Fsp3) is 0.455. The minimum absolute atomic E-state index is 0.789. The summed E-state index contributed by atoms with van der Waals surface area (Å²) in [5, 5.41) is 4.89. The molecule has 2 aliphatic rings. The molecule has 2 aromatic heterocycles. The van der Waals surface area contributed by atoms with E-state index in [2.05, 4.69) is 44.5 Å². The maximum Gasteiger partial charge on any atom is 0.138 e. The van der Waals surface area contributed by atoms with E-state index in [4.69, 9.17) is 4.74 Å². The van der Waals surface area contributed by atoms with E-state index in [0.717, 1.165) is 56.5 Å². The molecular weight excluding hydrogens is 368 g/mol. The van der Waals surface area contributed by atoms with Crippen LogP contribution in [-0.4, -0.2) is 41.2 Å². The molecule has 0 radical (unpaired) electrons. The van der Waals surface area contributed by atoms with E-state index in [-0.39, 0.29) is 0 Å². The average Bonchev–Trinajstić information content (AvgIpc) is 3.13. The number of nitrogens with one attached hydrogen (secondary N) is 1. The van der Waals surface area contributed by atoms with E-state index in [1.807, 2.05) is 11.3 Å². The van der Waals surface area contributed by atoms with Gasteiger partial charge in [-0.25, -0.2) is 9.97 Å². The Balaban J connectivity index is 1.37. The fourth-order valence-electron chi connectivity index (χ4n) is 4.29. The molecule has 1 aliphatic carbocycles. The smallest absolute Gasteiger partial charge is 0.138 e. The molecule has 1 aromatic carbocycles. The number of aryl methyl sites for hydroxylation is 2. The first-order chi connectivity index (χ1) is 13.9. The van der Waals surface area contributed by atoms with Gasteiger partial charge in [-0.1, -0.05) is 24.3 Å². The zero-order valence-corrected chi connectivity index (χ0v) is 16.9. The van der Waals surface area contributed by atoms with Gasteiger partial charge in [-0.15, -0.1) is 11.3 Å². The lowest BCUT2D eigenvalue weighted by Gasteiger charge is -2.27. The average molecular weight is 395 g/mol. The molecule has 5 rings (SSSR count). The van der Waals surface area contributed by atoms with Gasteiger partial charge in [-0.2, -0.15) is 0 Å². The molecule has 1 N–H and O–H groups in total. The summed E-state index contributed by atoms with van der Waals surface area (Å²) in [5.74, 6) is 0.991. The Bertz CT molecular complexity index is 964. The van der Waals surface area contributed by atoms with Gasteiger partial charge in [0.25, 0.3) is 0 Å². The van der Waals surface area contributed by atoms with E-state index in [0.29, 0.717) is 0 Å². The van der Waals surface area contributed by atoms with Gasteiger partial charge >= 0.3 is 0 Å². The van der Waals surface area contributed by atoms with Gasteiger partial charge in [0.05, 0.1) is 18.6 Å². The van der Waals surface area contributed by atoms with Crippen molar-refractivity contribution in [2.75, 3.05) is 31.6 Å². The maximum atomic E-state index is 5.48. The normalized spacial score (nSPS) is 17.6. The van der Waals surface area contributed by atoms with Gasteiger partial charge in [-0.05, 0) is 42.4 Å². The van der Waals surface area contributed by atoms with Gasteiger partial charge in [0.2, 0.25) is 0 Å². The van der Waals surface area contributed by atoms with Crippen LogP contribution in [0.5, 0.6) is 0 Å². The molecule has 3 heterocycles. The highest BCUT2D eigenvalue weighted by Crippen LogP contribution is 2.38. The summed E-state index contributed by atoms with van der Waals surface area (Å²) in [4.78, 5) is 14.3. The molecule has 146 valence electrons. The molecule has 1 saturated heterocycles. The highest BCUT2D eigenvalue weighted by molar-refractivity contribution is 7.19. The van der Waals surface area contributed by atoms with Crippen molar-refractivity contribution >= 4 is 27.4 Å². The number of benzene rings is 1. The zero-order valence-electron chi connectivity index (χ0n) is 16.1. The molecule has 0 unspecified atom stereocenters. The second kappa shape index (κ2) is 8.15. The molecule has 1 fully saturated rings. The van der Waals surface area contributed by atoms with Crippen molar-refractivity contribution in [3.8, 4) is 0 Å². The Morgan fingerprint density at radius 3 is 2.75 bits per heavy atom. The summed E-state index contributed by atoms with van der Waals surface area (Å²) in [5.41, 5.74) is 4.20. The largest absolute Gasteiger partial charge is 0.379 e. The summed E-state index contributed by atoms with van der Waals surface area (Å²) < 4.78 is 5.48. The van der Waals surface area contributed by atoms with Crippen molar-refractivity contribution in [3.63, 3.8) is 0 Å². The van der Waals surface area contributed by atoms with Crippen LogP contribution in [0.1, 0.15) is 34.4 Å². The molecule has 28 heavy (non-hydrogen) atoms. The topological polar surface area (TPSA) is 50.3 Å². The monoisotopic (exact) mass is 394 g/mol. The van der Waals surface area contributed by atoms with Crippen molar-refractivity contribution in [2.24, 2.45) is 0 Å². The highest BCUT2D eigenvalue weighted by atomic mass is 32.1. The minimum Gasteiger partial charge on any atom is -0.379 e. The van der Waals surface area contributed by atoms with E-state index >= 15 is 0 Å². The number of nitrogens with zero attached hydrogens (tertiary/aromatic N) is 3. The maximum absolute atomic E-state index is 5.48. The lowest BCUT2D eigenvalue weighted by atomic mass is 9.97. The highest BCUT2D eigenvalue weighted by Gasteiger charge is 2.20. The minimum atomic E-state index is 0.789. The summed E-state index contributed by atoms with van der Waals surface area (Å²) in [6.07, 6.45) is 6.62. The molecule has 0 amide bonds. The van der Waals surface area contributed by atoms with Crippen molar-refractivity contribution in [3.05, 3.63) is 52.2 Å². The molecule has 6 heteroatoms. The molecule has 3 aromatic rings. The van der Waals surface area contributed by atoms with Crippen LogP contribution in [0.25, 0.3) is 10.2 Å². The van der Waals surface area contributed by atoms with Crippen LogP contribution in [-0.2, 0) is 30.7 Å². The van der Waals surface area contributed by atoms with Crippen molar-refractivity contribution in [1.82, 2.24) is 14.9 Å². The number of thiophene rings is 1. The molecule has 0 saturated carbocycles. The summed E-state index contributed by atoms with van der Waals surface area (Å²) >= 11 is 1.85. The Morgan fingerprint density at radius 2 is 1.86 bits per heavy atom. The first-order valence-corrected chi connectivity index (χ1v) is 11.1. The third kappa shape index (κ3) is 3.64. The molecular formula is C22H26N4OS. The number of fused-ring (bicyclic) bond motifs is 3. The number of morpholine rings is 1. The van der Waals surface area contributed by atoms with E-state index in [1.165, 1.54) is 46.2 Å². The number of anilines is 1. The number of ether oxygens (including phenoxy) is 1. The van der Waals surface area contributed by atoms with Crippen molar-refractivity contribution in [2.45, 2.75) is 38.8 Å². The van der Waals surface area contributed by atoms with Crippen LogP contribution in [0.3, 0.4) is 0 Å². The standard InChI is InChI=1S/C22H26N4OS/c1-2-6-17(14-26-9-11-27-12-10-26)16(5-1)13-23-21-20-18-7-3-4-8-19(18)28-22(20)25-15-24-21/h1-2,5-6,15H,3-4,7-14H2,(H,23,24,25). The summed E-state index contributed by atoms with van der Waals surface area (Å²) in [6, 6.07) is 8.73. The van der Waals surface area contributed by atoms with Gasteiger partial charge in [-0.3, -0.25) is 4.90 Å². The summed E-state index contributed by atoms with van der Waals surface area (Å²) in [6.45, 7) is 5.46. The fourth-order valence-corrected chi connectivity index (χ4v) is 5.52. The Hall–Kier alpha value is -2.02. The number of rotatable bonds is 5. The van der Waals surface area contributed by atoms with Crippen LogP contribution in [0.2, 0.25) is 0 Å². The zero-order chi connectivity index (χ0) is 18.8. The Morgan fingerprint density at radius 1 is 1.04 bits per heavy atom. The number of hydrogen-bond acceptors (Lipinski definition) is 6. The van der Waals surface area contributed by atoms with E-state index < -0.39 is 0 Å². The van der Waals surface area contributed by atoms with Crippen LogP contribution in [0.15, 0.2) is 30.6 Å². The van der Waals surface area contributed by atoms with Crippen molar-refractivity contribution in [1.29, 1.82) is 0 Å². The lowest BCUT2D eigenvalue weighted by molar-refractivity contribution is 0.0341. The second-order valence-electron chi connectivity index (χ2n) is 7.62. The second-order valence-corrected chi connectivity index (χ2v) is 8.71. The molecule has 0 spiro atoms. The SMILES string of the molecule is c1ccc(CN2CCOCC2)c(CNc2ncnc3sc4c(c23)CCCC4)c1. The molecule has 1 aliphatic heterocycles. The third-order valence-corrected chi connectivity index (χ3v) is 7.01. The predicted octanol–water partition coefficient (Wildman–Crippen LogP) is 4.01.